The van der Waals surface area contributed by atoms with Crippen molar-refractivity contribution in [3.8, 4) is 5.75 Å². The molecule has 0 spiro atoms. The molecule has 1 heterocycles. The molecule has 1 aromatic rings. The zero-order valence-corrected chi connectivity index (χ0v) is 11.1. The zero-order chi connectivity index (χ0) is 13.7. The Labute approximate surface area is 113 Å². The van der Waals surface area contributed by atoms with E-state index in [-0.39, 0.29) is 0 Å². The number of carbonyl (C=O) groups is 1. The van der Waals surface area contributed by atoms with Crippen LogP contribution >= 0.6 is 0 Å². The van der Waals surface area contributed by atoms with E-state index in [1.165, 1.54) is 0 Å². The van der Waals surface area contributed by atoms with Crippen LogP contribution in [0.5, 0.6) is 5.75 Å². The molecule has 1 aliphatic heterocycles. The lowest BCUT2D eigenvalue weighted by Gasteiger charge is -2.26. The average Bonchev–Trinajstić information content (AvgIpc) is 2.65. The van der Waals surface area contributed by atoms with E-state index in [0.29, 0.717) is 19.7 Å². The fourth-order valence-corrected chi connectivity index (χ4v) is 2.29. The number of hydrogen-bond acceptors (Lipinski definition) is 4. The highest BCUT2D eigenvalue weighted by Crippen LogP contribution is 2.28. The molecule has 1 fully saturated rings. The first-order valence-electron chi connectivity index (χ1n) is 6.62. The summed E-state index contributed by atoms with van der Waals surface area (Å²) in [5.41, 5.74) is 0.972. The lowest BCUT2D eigenvalue weighted by atomic mass is 10.1. The standard InChI is InChI=1S/C14H20N2O3/c1-2-19-13-6-4-3-5-12(13)16-8-7-15-9-11(10-16)14(17)18/h3-6,11,15H,2,7-10H2,1H3,(H,17,18). The third-order valence-electron chi connectivity index (χ3n) is 3.25. The number of rotatable bonds is 4. The Bertz CT molecular complexity index is 436. The molecule has 0 radical (unpaired) electrons. The highest BCUT2D eigenvalue weighted by molar-refractivity contribution is 5.72. The van der Waals surface area contributed by atoms with Crippen LogP contribution in [0.15, 0.2) is 24.3 Å². The number of aliphatic carboxylic acids is 1. The van der Waals surface area contributed by atoms with Gasteiger partial charge in [0.15, 0.2) is 0 Å². The highest BCUT2D eigenvalue weighted by atomic mass is 16.5. The number of anilines is 1. The molecule has 1 aliphatic rings. The molecular formula is C14H20N2O3. The normalized spacial score (nSPS) is 19.8. The third-order valence-corrected chi connectivity index (χ3v) is 3.25. The van der Waals surface area contributed by atoms with Gasteiger partial charge in [-0.05, 0) is 19.1 Å². The second kappa shape index (κ2) is 6.43. The van der Waals surface area contributed by atoms with Gasteiger partial charge >= 0.3 is 5.97 Å². The quantitative estimate of drug-likeness (QED) is 0.855. The third kappa shape index (κ3) is 3.38. The number of carboxylic acids is 1. The topological polar surface area (TPSA) is 61.8 Å². The minimum Gasteiger partial charge on any atom is -0.492 e. The lowest BCUT2D eigenvalue weighted by Crippen LogP contribution is -2.34. The Morgan fingerprint density at radius 1 is 1.53 bits per heavy atom. The van der Waals surface area contributed by atoms with Crippen molar-refractivity contribution in [3.05, 3.63) is 24.3 Å². The summed E-state index contributed by atoms with van der Waals surface area (Å²) < 4.78 is 5.62. The van der Waals surface area contributed by atoms with E-state index in [1.54, 1.807) is 0 Å². The van der Waals surface area contributed by atoms with Crippen LogP contribution in [0.1, 0.15) is 6.92 Å². The number of nitrogens with zero attached hydrogens (tertiary/aromatic N) is 1. The predicted molar refractivity (Wildman–Crippen MR) is 73.8 cm³/mol. The van der Waals surface area contributed by atoms with E-state index in [1.807, 2.05) is 31.2 Å². The van der Waals surface area contributed by atoms with Gasteiger partial charge in [0.25, 0.3) is 0 Å². The number of para-hydroxylation sites is 2. The van der Waals surface area contributed by atoms with Crippen molar-refractivity contribution in [3.63, 3.8) is 0 Å². The minimum atomic E-state index is -0.756. The molecule has 2 N–H and O–H groups in total. The van der Waals surface area contributed by atoms with Crippen LogP contribution < -0.4 is 15.0 Å². The largest absolute Gasteiger partial charge is 0.492 e. The van der Waals surface area contributed by atoms with Crippen molar-refractivity contribution in [2.24, 2.45) is 5.92 Å². The number of ether oxygens (including phenoxy) is 1. The van der Waals surface area contributed by atoms with Crippen molar-refractivity contribution in [2.45, 2.75) is 6.92 Å². The second-order valence-electron chi connectivity index (χ2n) is 4.59. The van der Waals surface area contributed by atoms with E-state index in [9.17, 15) is 9.90 Å². The first-order chi connectivity index (χ1) is 9.22. The van der Waals surface area contributed by atoms with Crippen LogP contribution in [-0.4, -0.2) is 43.9 Å². The Morgan fingerprint density at radius 3 is 3.05 bits per heavy atom. The number of benzene rings is 1. The van der Waals surface area contributed by atoms with Crippen molar-refractivity contribution in [1.82, 2.24) is 5.32 Å². The predicted octanol–water partition coefficient (Wildman–Crippen LogP) is 1.20. The summed E-state index contributed by atoms with van der Waals surface area (Å²) in [5, 5.41) is 12.4. The van der Waals surface area contributed by atoms with Crippen LogP contribution in [0.3, 0.4) is 0 Å². The smallest absolute Gasteiger partial charge is 0.309 e. The fraction of sp³-hybridized carbons (Fsp3) is 0.500. The minimum absolute atomic E-state index is 0.391. The van der Waals surface area contributed by atoms with Crippen LogP contribution in [-0.2, 0) is 4.79 Å². The maximum absolute atomic E-state index is 11.2. The van der Waals surface area contributed by atoms with E-state index in [2.05, 4.69) is 10.2 Å². The summed E-state index contributed by atoms with van der Waals surface area (Å²) >= 11 is 0. The molecule has 104 valence electrons. The molecule has 1 saturated heterocycles. The van der Waals surface area contributed by atoms with Crippen LogP contribution in [0.2, 0.25) is 0 Å². The monoisotopic (exact) mass is 264 g/mol. The Morgan fingerprint density at radius 2 is 2.32 bits per heavy atom. The van der Waals surface area contributed by atoms with Gasteiger partial charge in [-0.3, -0.25) is 4.79 Å². The van der Waals surface area contributed by atoms with Gasteiger partial charge in [0.05, 0.1) is 18.2 Å². The molecule has 0 bridgehead atoms. The maximum Gasteiger partial charge on any atom is 0.309 e. The Balaban J connectivity index is 2.21. The van der Waals surface area contributed by atoms with Gasteiger partial charge in [-0.2, -0.15) is 0 Å². The van der Waals surface area contributed by atoms with Crippen molar-refractivity contribution in [1.29, 1.82) is 0 Å². The average molecular weight is 264 g/mol. The highest BCUT2D eigenvalue weighted by Gasteiger charge is 2.25. The number of nitrogens with one attached hydrogen (secondary N) is 1. The SMILES string of the molecule is CCOc1ccccc1N1CCNCC(C(=O)O)C1. The molecule has 2 rings (SSSR count). The second-order valence-corrected chi connectivity index (χ2v) is 4.59. The molecule has 5 heteroatoms. The van der Waals surface area contributed by atoms with E-state index in [4.69, 9.17) is 4.74 Å². The molecule has 0 amide bonds. The molecular weight excluding hydrogens is 244 g/mol. The van der Waals surface area contributed by atoms with Gasteiger partial charge in [-0.25, -0.2) is 0 Å². The molecule has 0 aromatic heterocycles. The van der Waals surface area contributed by atoms with Crippen molar-refractivity contribution in [2.75, 3.05) is 37.7 Å². The van der Waals surface area contributed by atoms with E-state index < -0.39 is 11.9 Å². The van der Waals surface area contributed by atoms with Crippen LogP contribution in [0, 0.1) is 5.92 Å². The maximum atomic E-state index is 11.2. The van der Waals surface area contributed by atoms with Crippen LogP contribution in [0.25, 0.3) is 0 Å². The van der Waals surface area contributed by atoms with Gasteiger partial charge in [0, 0.05) is 26.2 Å². The molecule has 19 heavy (non-hydrogen) atoms. The fourth-order valence-electron chi connectivity index (χ4n) is 2.29. The molecule has 1 unspecified atom stereocenters. The Hall–Kier alpha value is -1.75. The van der Waals surface area contributed by atoms with Crippen LogP contribution in [0.4, 0.5) is 5.69 Å². The first kappa shape index (κ1) is 13.7. The zero-order valence-electron chi connectivity index (χ0n) is 11.1. The molecule has 1 atom stereocenters. The first-order valence-corrected chi connectivity index (χ1v) is 6.62. The Kier molecular flexibility index (Phi) is 4.63. The van der Waals surface area contributed by atoms with Crippen molar-refractivity contribution < 1.29 is 14.6 Å². The number of hydrogen-bond donors (Lipinski definition) is 2. The van der Waals surface area contributed by atoms with Gasteiger partial charge < -0.3 is 20.1 Å². The summed E-state index contributed by atoms with van der Waals surface area (Å²) in [5.74, 6) is -0.332. The summed E-state index contributed by atoms with van der Waals surface area (Å²) in [6.07, 6.45) is 0. The van der Waals surface area contributed by atoms with Gasteiger partial charge in [0.1, 0.15) is 5.75 Å². The van der Waals surface area contributed by atoms with Gasteiger partial charge in [0.2, 0.25) is 0 Å². The van der Waals surface area contributed by atoms with E-state index >= 15 is 0 Å². The molecule has 0 aliphatic carbocycles. The molecule has 5 nitrogen and oxygen atoms in total. The van der Waals surface area contributed by atoms with Gasteiger partial charge in [-0.1, -0.05) is 12.1 Å². The molecule has 0 saturated carbocycles. The van der Waals surface area contributed by atoms with Gasteiger partial charge in [-0.15, -0.1) is 0 Å². The number of carboxylic acid groups (broad SMARTS) is 1. The summed E-state index contributed by atoms with van der Waals surface area (Å²) in [4.78, 5) is 13.3. The summed E-state index contributed by atoms with van der Waals surface area (Å²) in [7, 11) is 0. The molecule has 1 aromatic carbocycles. The van der Waals surface area contributed by atoms with Crippen molar-refractivity contribution >= 4 is 11.7 Å². The summed E-state index contributed by atoms with van der Waals surface area (Å²) in [6, 6.07) is 7.79. The lowest BCUT2D eigenvalue weighted by molar-refractivity contribution is -0.141. The summed E-state index contributed by atoms with van der Waals surface area (Å²) in [6.45, 7) is 5.14. The van der Waals surface area contributed by atoms with E-state index in [0.717, 1.165) is 24.5 Å².